The van der Waals surface area contributed by atoms with Gasteiger partial charge in [-0.25, -0.2) is 0 Å². The lowest BCUT2D eigenvalue weighted by Crippen LogP contribution is -2.33. The lowest BCUT2D eigenvalue weighted by atomic mass is 9.90. The van der Waals surface area contributed by atoms with Crippen LogP contribution >= 0.6 is 0 Å². The van der Waals surface area contributed by atoms with Crippen LogP contribution in [0.5, 0.6) is 0 Å². The van der Waals surface area contributed by atoms with Gasteiger partial charge in [0.15, 0.2) is 18.9 Å². The lowest BCUT2D eigenvalue weighted by molar-refractivity contribution is -0.204. The number of aliphatic hydroxyl groups is 2. The summed E-state index contributed by atoms with van der Waals surface area (Å²) in [7, 11) is 0. The van der Waals surface area contributed by atoms with Crippen molar-refractivity contribution < 1.29 is 62.5 Å². The predicted octanol–water partition coefficient (Wildman–Crippen LogP) is 7.23. The van der Waals surface area contributed by atoms with E-state index in [1.807, 2.05) is 12.2 Å². The molecular formula is C47H74O13. The molecule has 10 atom stereocenters. The molecule has 340 valence electrons. The van der Waals surface area contributed by atoms with Crippen LogP contribution in [0.4, 0.5) is 0 Å². The van der Waals surface area contributed by atoms with Crippen LogP contribution < -0.4 is 0 Å². The molecule has 2 aliphatic carbocycles. The molecule has 3 heterocycles. The number of unbranched alkanes of at least 4 members (excludes halogenated alkanes) is 2. The quantitative estimate of drug-likeness (QED) is 0.0569. The highest BCUT2D eigenvalue weighted by Crippen LogP contribution is 2.41. The van der Waals surface area contributed by atoms with Crippen molar-refractivity contribution in [1.29, 1.82) is 0 Å². The van der Waals surface area contributed by atoms with Crippen LogP contribution in [0.2, 0.25) is 0 Å². The number of carbonyl (C=O) groups is 3. The summed E-state index contributed by atoms with van der Waals surface area (Å²) in [5.41, 5.74) is 0. The van der Waals surface area contributed by atoms with E-state index in [-0.39, 0.29) is 105 Å². The highest BCUT2D eigenvalue weighted by molar-refractivity contribution is 5.84. The van der Waals surface area contributed by atoms with Gasteiger partial charge >= 0.3 is 11.9 Å². The Morgan fingerprint density at radius 2 is 1.08 bits per heavy atom. The Morgan fingerprint density at radius 1 is 0.617 bits per heavy atom. The molecule has 0 aromatic carbocycles. The zero-order chi connectivity index (χ0) is 42.8. The third kappa shape index (κ3) is 17.9. The van der Waals surface area contributed by atoms with Gasteiger partial charge in [-0.2, -0.15) is 0 Å². The Kier molecular flexibility index (Phi) is 24.6. The Hall–Kier alpha value is -2.75. The van der Waals surface area contributed by atoms with Gasteiger partial charge in [0.2, 0.25) is 0 Å². The molecule has 0 bridgehead atoms. The van der Waals surface area contributed by atoms with E-state index in [4.69, 9.17) is 37.9 Å². The van der Waals surface area contributed by atoms with Crippen LogP contribution in [-0.2, 0) is 52.3 Å². The van der Waals surface area contributed by atoms with Crippen molar-refractivity contribution in [2.45, 2.75) is 159 Å². The van der Waals surface area contributed by atoms with Crippen LogP contribution in [0.25, 0.3) is 0 Å². The molecule has 0 aromatic heterocycles. The van der Waals surface area contributed by atoms with E-state index in [0.29, 0.717) is 38.7 Å². The molecule has 3 unspecified atom stereocenters. The Balaban J connectivity index is 0.000000270. The minimum atomic E-state index is -0.261. The van der Waals surface area contributed by atoms with Crippen molar-refractivity contribution in [3.63, 3.8) is 0 Å². The number of rotatable bonds is 24. The summed E-state index contributed by atoms with van der Waals surface area (Å²) >= 11 is 0. The van der Waals surface area contributed by atoms with Crippen LogP contribution in [0.3, 0.4) is 0 Å². The van der Waals surface area contributed by atoms with E-state index < -0.39 is 0 Å². The summed E-state index contributed by atoms with van der Waals surface area (Å²) in [6.07, 6.45) is 25.9. The smallest absolute Gasteiger partial charge is 0.306 e. The largest absolute Gasteiger partial charge is 0.461 e. The molecule has 2 saturated carbocycles. The number of Topliss-reactive ketones (excluding diaryl/α,β-unsaturated/α-hetero) is 1. The van der Waals surface area contributed by atoms with E-state index in [9.17, 15) is 24.6 Å². The summed E-state index contributed by atoms with van der Waals surface area (Å²) in [5.74, 6) is -0.498. The fourth-order valence-electron chi connectivity index (χ4n) is 8.67. The van der Waals surface area contributed by atoms with E-state index >= 15 is 0 Å². The molecule has 0 spiro atoms. The van der Waals surface area contributed by atoms with Crippen LogP contribution in [0, 0.1) is 23.7 Å². The Labute approximate surface area is 358 Å². The topological polar surface area (TPSA) is 166 Å². The van der Waals surface area contributed by atoms with Gasteiger partial charge in [-0.05, 0) is 102 Å². The fourth-order valence-corrected chi connectivity index (χ4v) is 8.67. The molecule has 2 N–H and O–H groups in total. The van der Waals surface area contributed by atoms with E-state index in [1.54, 1.807) is 12.2 Å². The maximum Gasteiger partial charge on any atom is 0.306 e. The standard InChI is InChI=1S/C26H42O7.C21H32O6/c1-2-15-29-24(28)12-6-4-3-5-11-20-21(19-27)23(33-26-14-8-10-17-31-26)18-22(20)32-25-13-7-9-16-30-25;1-2-12-25-20(24)10-6-4-3-5-9-16-17(15-22)19(14-18(16)23)27-21-11-7-8-13-26-21/h2-3,5,20-23,25-27H,1,4,6-19H2;2-3,5,16-17,19,21-22H,1,4,6-15H2/b2*5-3-/t20-,21-,22+,23-,25?,26?;16-,17-,19-,21?/m11/s1. The number of carbonyl (C=O) groups excluding carboxylic acids is 3. The van der Waals surface area contributed by atoms with Crippen molar-refractivity contribution >= 4 is 17.7 Å². The molecule has 13 nitrogen and oxygen atoms in total. The fraction of sp³-hybridized carbons (Fsp3) is 0.766. The molecule has 3 aliphatic heterocycles. The number of hydrogen-bond donors (Lipinski definition) is 2. The second-order valence-corrected chi connectivity index (χ2v) is 16.4. The molecule has 0 radical (unpaired) electrons. The predicted molar refractivity (Wildman–Crippen MR) is 225 cm³/mol. The molecule has 0 amide bonds. The van der Waals surface area contributed by atoms with Crippen molar-refractivity contribution in [2.75, 3.05) is 46.2 Å². The van der Waals surface area contributed by atoms with E-state index in [1.165, 1.54) is 0 Å². The van der Waals surface area contributed by atoms with Crippen molar-refractivity contribution in [3.8, 4) is 0 Å². The average molecular weight is 847 g/mol. The highest BCUT2D eigenvalue weighted by atomic mass is 16.7. The van der Waals surface area contributed by atoms with Gasteiger partial charge in [0.25, 0.3) is 0 Å². The molecule has 13 heteroatoms. The number of allylic oxidation sites excluding steroid dienone is 4. The average Bonchev–Trinajstić information content (AvgIpc) is 3.75. The van der Waals surface area contributed by atoms with Gasteiger partial charge in [-0.1, -0.05) is 49.6 Å². The maximum atomic E-state index is 12.4. The lowest BCUT2D eigenvalue weighted by Gasteiger charge is -2.30. The number of ketones is 1. The Morgan fingerprint density at radius 3 is 1.53 bits per heavy atom. The first kappa shape index (κ1) is 49.9. The van der Waals surface area contributed by atoms with Gasteiger partial charge in [-0.3, -0.25) is 14.4 Å². The maximum absolute atomic E-state index is 12.4. The third-order valence-corrected chi connectivity index (χ3v) is 12.0. The normalized spacial score (nSPS) is 30.9. The van der Waals surface area contributed by atoms with Gasteiger partial charge in [-0.15, -0.1) is 0 Å². The van der Waals surface area contributed by atoms with Gasteiger partial charge < -0.3 is 48.1 Å². The van der Waals surface area contributed by atoms with Crippen molar-refractivity contribution in [1.82, 2.24) is 0 Å². The van der Waals surface area contributed by atoms with Crippen LogP contribution in [0.15, 0.2) is 49.6 Å². The van der Waals surface area contributed by atoms with E-state index in [2.05, 4.69) is 25.3 Å². The first-order valence-electron chi connectivity index (χ1n) is 22.7. The van der Waals surface area contributed by atoms with Gasteiger partial charge in [0.05, 0.1) is 18.3 Å². The summed E-state index contributed by atoms with van der Waals surface area (Å²) < 4.78 is 45.9. The van der Waals surface area contributed by atoms with Crippen molar-refractivity contribution in [2.24, 2.45) is 23.7 Å². The second-order valence-electron chi connectivity index (χ2n) is 16.4. The molecular weight excluding hydrogens is 773 g/mol. The SMILES string of the molecule is C=CCOC(=O)CCC/C=C\C[C@@H]1[C@@H](CO)[C@H](OC2CCCCO2)C[C@@H]1OC1CCCCO1.C=CCOC(=O)CCC/C=C\C[C@H]1C(=O)C[C@@H](OC2CCCCO2)[C@@H]1CO. The number of ether oxygens (including phenoxy) is 8. The first-order valence-corrected chi connectivity index (χ1v) is 22.7. The zero-order valence-electron chi connectivity index (χ0n) is 35.9. The van der Waals surface area contributed by atoms with Crippen molar-refractivity contribution in [3.05, 3.63) is 49.6 Å². The third-order valence-electron chi connectivity index (χ3n) is 12.0. The molecule has 0 aromatic rings. The summed E-state index contributed by atoms with van der Waals surface area (Å²) in [6.45, 7) is 9.74. The monoisotopic (exact) mass is 847 g/mol. The number of hydrogen-bond acceptors (Lipinski definition) is 13. The summed E-state index contributed by atoms with van der Waals surface area (Å²) in [4.78, 5) is 35.3. The summed E-state index contributed by atoms with van der Waals surface area (Å²) in [6, 6.07) is 0. The highest BCUT2D eigenvalue weighted by Gasteiger charge is 2.46. The van der Waals surface area contributed by atoms with Gasteiger partial charge in [0.1, 0.15) is 19.0 Å². The minimum absolute atomic E-state index is 0.00245. The van der Waals surface area contributed by atoms with Gasteiger partial charge in [0, 0.05) is 76.5 Å². The molecule has 5 rings (SSSR count). The molecule has 3 saturated heterocycles. The summed E-state index contributed by atoms with van der Waals surface area (Å²) in [5, 5.41) is 20.0. The zero-order valence-corrected chi connectivity index (χ0v) is 35.9. The minimum Gasteiger partial charge on any atom is -0.461 e. The van der Waals surface area contributed by atoms with Crippen LogP contribution in [-0.4, -0.2) is 111 Å². The van der Waals surface area contributed by atoms with E-state index in [0.717, 1.165) is 103 Å². The second kappa shape index (κ2) is 29.5. The molecule has 5 aliphatic rings. The molecule has 60 heavy (non-hydrogen) atoms. The van der Waals surface area contributed by atoms with Crippen LogP contribution in [0.1, 0.15) is 122 Å². The number of esters is 2. The molecule has 5 fully saturated rings. The number of aliphatic hydroxyl groups excluding tert-OH is 2. The Bertz CT molecular complexity index is 1300. The first-order chi connectivity index (χ1) is 29.4.